The molecule has 0 spiro atoms. The molecule has 0 fully saturated rings. The van der Waals surface area contributed by atoms with Gasteiger partial charge in [0.15, 0.2) is 0 Å². The molecular weight excluding hydrogens is 310 g/mol. The summed E-state index contributed by atoms with van der Waals surface area (Å²) in [4.78, 5) is 23.0. The molecule has 0 aliphatic rings. The lowest BCUT2D eigenvalue weighted by atomic mass is 10.3. The average Bonchev–Trinajstić information content (AvgIpc) is 2.90. The van der Waals surface area contributed by atoms with Crippen molar-refractivity contribution in [3.05, 3.63) is 17.0 Å². The molecule has 0 radical (unpaired) electrons. The Kier molecular flexibility index (Phi) is 7.82. The van der Waals surface area contributed by atoms with Gasteiger partial charge in [0.05, 0.1) is 12.2 Å². The number of nitrogens with two attached hydrogens (primary N) is 1. The Morgan fingerprint density at radius 1 is 1.62 bits per heavy atom. The maximum atomic E-state index is 11.7. The van der Waals surface area contributed by atoms with E-state index < -0.39 is 12.0 Å². The second kappa shape index (κ2) is 9.39. The van der Waals surface area contributed by atoms with Crippen LogP contribution in [0.1, 0.15) is 18.9 Å². The molecule has 0 aliphatic heterocycles. The van der Waals surface area contributed by atoms with E-state index in [1.807, 2.05) is 6.07 Å². The molecule has 1 amide bonds. The molecule has 1 heterocycles. The highest BCUT2D eigenvalue weighted by Crippen LogP contribution is 2.22. The number of nitrogens with one attached hydrogen (secondary N) is 1. The minimum atomic E-state index is -0.666. The van der Waals surface area contributed by atoms with Crippen molar-refractivity contribution >= 4 is 40.0 Å². The molecule has 21 heavy (non-hydrogen) atoms. The number of rotatable bonds is 8. The van der Waals surface area contributed by atoms with Gasteiger partial charge in [-0.2, -0.15) is 17.0 Å². The summed E-state index contributed by atoms with van der Waals surface area (Å²) in [6.45, 7) is 2.03. The van der Waals surface area contributed by atoms with E-state index >= 15 is 0 Å². The van der Waals surface area contributed by atoms with Crippen molar-refractivity contribution in [1.82, 2.24) is 0 Å². The van der Waals surface area contributed by atoms with E-state index in [-0.39, 0.29) is 5.91 Å². The maximum Gasteiger partial charge on any atom is 0.323 e. The van der Waals surface area contributed by atoms with E-state index in [4.69, 9.17) is 15.7 Å². The van der Waals surface area contributed by atoms with Crippen molar-refractivity contribution in [3.63, 3.8) is 0 Å². The first kappa shape index (κ1) is 17.5. The molecule has 0 aliphatic carbocycles. The Balaban J connectivity index is 2.23. The van der Waals surface area contributed by atoms with Gasteiger partial charge >= 0.3 is 5.97 Å². The van der Waals surface area contributed by atoms with Crippen LogP contribution in [0.3, 0.4) is 0 Å². The standard InChI is InChI=1S/C13H17N3O3S2/c1-2-19-13(18)10(15)8-20-5-4-11(17)16-12-9(7-14)3-6-21-12/h3,6,10H,2,4-5,8,15H2,1H3,(H,16,17). The molecule has 1 aromatic heterocycles. The summed E-state index contributed by atoms with van der Waals surface area (Å²) >= 11 is 2.73. The summed E-state index contributed by atoms with van der Waals surface area (Å²) in [5, 5.41) is 13.8. The number of carbonyl (C=O) groups is 2. The molecule has 8 heteroatoms. The van der Waals surface area contributed by atoms with Crippen LogP contribution in [-0.4, -0.2) is 36.0 Å². The third-order valence-corrected chi connectivity index (χ3v) is 4.32. The second-order valence-corrected chi connectivity index (χ2v) is 6.07. The van der Waals surface area contributed by atoms with Crippen molar-refractivity contribution in [2.45, 2.75) is 19.4 Å². The van der Waals surface area contributed by atoms with Gasteiger partial charge in [-0.15, -0.1) is 11.3 Å². The molecule has 1 atom stereocenters. The Labute approximate surface area is 131 Å². The molecule has 6 nitrogen and oxygen atoms in total. The summed E-state index contributed by atoms with van der Waals surface area (Å²) in [7, 11) is 0. The van der Waals surface area contributed by atoms with Crippen molar-refractivity contribution in [3.8, 4) is 6.07 Å². The molecule has 0 bridgehead atoms. The van der Waals surface area contributed by atoms with E-state index in [9.17, 15) is 9.59 Å². The smallest absolute Gasteiger partial charge is 0.323 e. The van der Waals surface area contributed by atoms with Gasteiger partial charge in [-0.1, -0.05) is 0 Å². The largest absolute Gasteiger partial charge is 0.465 e. The van der Waals surface area contributed by atoms with Crippen LogP contribution in [0.15, 0.2) is 11.4 Å². The van der Waals surface area contributed by atoms with Crippen molar-refractivity contribution < 1.29 is 14.3 Å². The summed E-state index contributed by atoms with van der Waals surface area (Å²) in [5.74, 6) is 0.374. The zero-order valence-corrected chi connectivity index (χ0v) is 13.3. The molecule has 1 rings (SSSR count). The van der Waals surface area contributed by atoms with E-state index in [0.717, 1.165) is 0 Å². The van der Waals surface area contributed by atoms with E-state index in [2.05, 4.69) is 5.32 Å². The highest BCUT2D eigenvalue weighted by molar-refractivity contribution is 7.99. The fourth-order valence-corrected chi connectivity index (χ4v) is 3.02. The number of carbonyl (C=O) groups excluding carboxylic acids is 2. The van der Waals surface area contributed by atoms with Crippen LogP contribution in [-0.2, 0) is 14.3 Å². The minimum absolute atomic E-state index is 0.161. The van der Waals surface area contributed by atoms with Crippen LogP contribution in [0, 0.1) is 11.3 Å². The fraction of sp³-hybridized carbons (Fsp3) is 0.462. The Morgan fingerprint density at radius 2 is 2.38 bits per heavy atom. The van der Waals surface area contributed by atoms with Crippen molar-refractivity contribution in [2.24, 2.45) is 5.73 Å². The third kappa shape index (κ3) is 6.16. The van der Waals surface area contributed by atoms with Gasteiger partial charge in [0, 0.05) is 17.9 Å². The van der Waals surface area contributed by atoms with Gasteiger partial charge in [0.1, 0.15) is 17.1 Å². The lowest BCUT2D eigenvalue weighted by Crippen LogP contribution is -2.34. The molecule has 0 saturated heterocycles. The van der Waals surface area contributed by atoms with E-state index in [0.29, 0.717) is 35.1 Å². The molecule has 114 valence electrons. The predicted octanol–water partition coefficient (Wildman–Crippen LogP) is 1.57. The quantitative estimate of drug-likeness (QED) is 0.554. The number of ether oxygens (including phenoxy) is 1. The number of nitriles is 1. The lowest BCUT2D eigenvalue weighted by Gasteiger charge is -2.09. The van der Waals surface area contributed by atoms with Crippen LogP contribution in [0.5, 0.6) is 0 Å². The van der Waals surface area contributed by atoms with Crippen molar-refractivity contribution in [1.29, 1.82) is 5.26 Å². The molecule has 3 N–H and O–H groups in total. The number of esters is 1. The Morgan fingerprint density at radius 3 is 3.05 bits per heavy atom. The van der Waals surface area contributed by atoms with Crippen LogP contribution >= 0.6 is 23.1 Å². The number of hydrogen-bond donors (Lipinski definition) is 2. The molecule has 0 saturated carbocycles. The summed E-state index contributed by atoms with van der Waals surface area (Å²) < 4.78 is 4.79. The lowest BCUT2D eigenvalue weighted by molar-refractivity contribution is -0.144. The van der Waals surface area contributed by atoms with Crippen LogP contribution in [0.25, 0.3) is 0 Å². The second-order valence-electron chi connectivity index (χ2n) is 4.01. The SMILES string of the molecule is CCOC(=O)C(N)CSCCC(=O)Nc1sccc1C#N. The fourth-order valence-electron chi connectivity index (χ4n) is 1.38. The number of thioether (sulfide) groups is 1. The molecular formula is C13H17N3O3S2. The first-order valence-corrected chi connectivity index (χ1v) is 8.39. The topological polar surface area (TPSA) is 105 Å². The maximum absolute atomic E-state index is 11.7. The number of hydrogen-bond acceptors (Lipinski definition) is 7. The Hall–Kier alpha value is -1.56. The number of anilines is 1. The number of amides is 1. The summed E-state index contributed by atoms with van der Waals surface area (Å²) in [5.41, 5.74) is 6.10. The van der Waals surface area contributed by atoms with Crippen LogP contribution < -0.4 is 11.1 Å². The van der Waals surface area contributed by atoms with Gasteiger partial charge in [-0.3, -0.25) is 9.59 Å². The summed E-state index contributed by atoms with van der Waals surface area (Å²) in [6.07, 6.45) is 0.295. The molecule has 1 aromatic rings. The minimum Gasteiger partial charge on any atom is -0.465 e. The monoisotopic (exact) mass is 327 g/mol. The molecule has 1 unspecified atom stereocenters. The van der Waals surface area contributed by atoms with Crippen LogP contribution in [0.4, 0.5) is 5.00 Å². The molecule has 0 aromatic carbocycles. The van der Waals surface area contributed by atoms with Gasteiger partial charge < -0.3 is 15.8 Å². The van der Waals surface area contributed by atoms with Gasteiger partial charge in [0.2, 0.25) is 5.91 Å². The van der Waals surface area contributed by atoms with E-state index in [1.165, 1.54) is 23.1 Å². The van der Waals surface area contributed by atoms with Gasteiger partial charge in [-0.05, 0) is 18.4 Å². The third-order valence-electron chi connectivity index (χ3n) is 2.40. The number of thiophene rings is 1. The number of nitrogens with zero attached hydrogens (tertiary/aromatic N) is 1. The van der Waals surface area contributed by atoms with Crippen LogP contribution in [0.2, 0.25) is 0 Å². The van der Waals surface area contributed by atoms with Crippen molar-refractivity contribution in [2.75, 3.05) is 23.4 Å². The predicted molar refractivity (Wildman–Crippen MR) is 84.2 cm³/mol. The zero-order chi connectivity index (χ0) is 15.7. The average molecular weight is 327 g/mol. The highest BCUT2D eigenvalue weighted by atomic mass is 32.2. The highest BCUT2D eigenvalue weighted by Gasteiger charge is 2.14. The van der Waals surface area contributed by atoms with E-state index in [1.54, 1.807) is 18.4 Å². The normalized spacial score (nSPS) is 11.5. The Bertz CT molecular complexity index is 525. The summed E-state index contributed by atoms with van der Waals surface area (Å²) in [6, 6.07) is 3.00. The van der Waals surface area contributed by atoms with Gasteiger partial charge in [-0.25, -0.2) is 0 Å². The first-order valence-electron chi connectivity index (χ1n) is 6.35. The first-order chi connectivity index (χ1) is 10.1. The zero-order valence-electron chi connectivity index (χ0n) is 11.6. The van der Waals surface area contributed by atoms with Gasteiger partial charge in [0.25, 0.3) is 0 Å².